The van der Waals surface area contributed by atoms with Gasteiger partial charge in [0.05, 0.1) is 34.0 Å². The maximum atomic E-state index is 12.6. The van der Waals surface area contributed by atoms with E-state index in [0.29, 0.717) is 17.4 Å². The van der Waals surface area contributed by atoms with Crippen molar-refractivity contribution < 1.29 is 37.3 Å². The molecule has 0 radical (unpaired) electrons. The Morgan fingerprint density at radius 1 is 0.646 bits per heavy atom. The number of allylic oxidation sites excluding steroid dienone is 3. The molecule has 1 N–H and O–H groups in total. The molecule has 0 aromatic heterocycles. The monoisotopic (exact) mass is 703 g/mol. The number of hydrogen-bond acceptors (Lipinski definition) is 6. The fourth-order valence-corrected chi connectivity index (χ4v) is 5.96. The molecule has 284 valence electrons. The van der Waals surface area contributed by atoms with Gasteiger partial charge in [0.25, 0.3) is 0 Å². The average Bonchev–Trinajstić information content (AvgIpc) is 3.03. The van der Waals surface area contributed by atoms with Gasteiger partial charge in [-0.3, -0.25) is 13.8 Å². The molecule has 0 bridgehead atoms. The van der Waals surface area contributed by atoms with E-state index in [-0.39, 0.29) is 25.8 Å². The highest BCUT2D eigenvalue weighted by atomic mass is 31.2. The van der Waals surface area contributed by atoms with E-state index in [1.54, 1.807) is 6.26 Å². The highest BCUT2D eigenvalue weighted by Gasteiger charge is 2.26. The molecule has 2 atom stereocenters. The first-order valence-electron chi connectivity index (χ1n) is 19.6. The third-order valence-electron chi connectivity index (χ3n) is 8.33. The van der Waals surface area contributed by atoms with Crippen LogP contribution in [0, 0.1) is 0 Å². The second-order valence-electron chi connectivity index (χ2n) is 14.4. The highest BCUT2D eigenvalue weighted by molar-refractivity contribution is 7.47. The van der Waals surface area contributed by atoms with Gasteiger partial charge in [0.15, 0.2) is 6.10 Å². The van der Waals surface area contributed by atoms with Gasteiger partial charge >= 0.3 is 13.8 Å². The van der Waals surface area contributed by atoms with Crippen LogP contribution in [0.1, 0.15) is 168 Å². The average molecular weight is 703 g/mol. The van der Waals surface area contributed by atoms with Crippen LogP contribution in [0.25, 0.3) is 0 Å². The fraction of sp³-hybridized carbons (Fsp3) is 0.872. The van der Waals surface area contributed by atoms with Crippen molar-refractivity contribution in [2.75, 3.05) is 47.5 Å². The van der Waals surface area contributed by atoms with Crippen molar-refractivity contribution in [3.63, 3.8) is 0 Å². The molecule has 0 aromatic rings. The Hall–Kier alpha value is -1.18. The first kappa shape index (κ1) is 46.8. The van der Waals surface area contributed by atoms with Gasteiger partial charge in [0.2, 0.25) is 0 Å². The standard InChI is InChI=1S/C39H76NO7P/c1-6-8-10-12-14-16-18-20-21-23-25-27-29-31-34-44-36-38(37-46-48(42,43)45-35-33-40(3,4)5)47-39(41)32-30-28-26-24-22-19-17-15-13-11-9-7-2/h15,17,31,34,38H,6-14,16,18-30,32-33,35-37H2,1-5H3/p+1/b17-15+,34-31+/t38-/m1/s1. The number of likely N-dealkylation sites (N-methyl/N-ethyl adjacent to an activating group) is 1. The minimum Gasteiger partial charge on any atom is -0.498 e. The van der Waals surface area contributed by atoms with Crippen molar-refractivity contribution in [3.05, 3.63) is 24.5 Å². The second kappa shape index (κ2) is 33.0. The number of unbranched alkanes of at least 4 members (excludes halogenated alkanes) is 20. The van der Waals surface area contributed by atoms with Crippen molar-refractivity contribution >= 4 is 13.8 Å². The Bertz CT molecular complexity index is 828. The van der Waals surface area contributed by atoms with Crippen molar-refractivity contribution in [3.8, 4) is 0 Å². The molecule has 1 unspecified atom stereocenters. The fourth-order valence-electron chi connectivity index (χ4n) is 5.22. The first-order valence-corrected chi connectivity index (χ1v) is 21.1. The number of rotatable bonds is 36. The lowest BCUT2D eigenvalue weighted by molar-refractivity contribution is -0.870. The predicted molar refractivity (Wildman–Crippen MR) is 201 cm³/mol. The molecule has 0 aliphatic carbocycles. The number of ether oxygens (including phenoxy) is 2. The van der Waals surface area contributed by atoms with Crippen LogP contribution in [0.4, 0.5) is 0 Å². The SMILES string of the molecule is CCCCC/C=C/CCCCCCCC(=O)O[C@H](CO/C=C/CCCCCCCCCCCCCC)COP(=O)(O)OCC[N+](C)(C)C. The van der Waals surface area contributed by atoms with Crippen LogP contribution >= 0.6 is 7.82 Å². The topological polar surface area (TPSA) is 91.3 Å². The number of phosphoric acid groups is 1. The molecule has 48 heavy (non-hydrogen) atoms. The summed E-state index contributed by atoms with van der Waals surface area (Å²) < 4.78 is 34.6. The van der Waals surface area contributed by atoms with E-state index in [2.05, 4.69) is 26.0 Å². The summed E-state index contributed by atoms with van der Waals surface area (Å²) in [5, 5.41) is 0. The van der Waals surface area contributed by atoms with Gasteiger partial charge in [-0.2, -0.15) is 0 Å². The Labute approximate surface area is 296 Å². The molecule has 0 amide bonds. The van der Waals surface area contributed by atoms with Crippen LogP contribution in [-0.4, -0.2) is 69.0 Å². The first-order chi connectivity index (χ1) is 23.1. The number of nitrogens with zero attached hydrogens (tertiary/aromatic N) is 1. The Balaban J connectivity index is 4.36. The molecule has 0 saturated heterocycles. The Morgan fingerprint density at radius 3 is 1.65 bits per heavy atom. The minimum absolute atomic E-state index is 0.0471. The van der Waals surface area contributed by atoms with Crippen molar-refractivity contribution in [1.29, 1.82) is 0 Å². The maximum Gasteiger partial charge on any atom is 0.472 e. The van der Waals surface area contributed by atoms with Crippen LogP contribution in [0.3, 0.4) is 0 Å². The van der Waals surface area contributed by atoms with Crippen molar-refractivity contribution in [2.24, 2.45) is 0 Å². The summed E-state index contributed by atoms with van der Waals surface area (Å²) in [6.45, 7) is 4.89. The van der Waals surface area contributed by atoms with Gasteiger partial charge in [-0.1, -0.05) is 129 Å². The molecule has 0 rings (SSSR count). The van der Waals surface area contributed by atoms with Crippen LogP contribution in [-0.2, 0) is 27.9 Å². The summed E-state index contributed by atoms with van der Waals surface area (Å²) in [6, 6.07) is 0. The molecular weight excluding hydrogens is 625 g/mol. The molecular formula is C39H77NO7P+. The summed E-state index contributed by atoms with van der Waals surface area (Å²) in [5.74, 6) is -0.346. The van der Waals surface area contributed by atoms with Gasteiger partial charge in [-0.05, 0) is 51.0 Å². The van der Waals surface area contributed by atoms with Crippen LogP contribution in [0.2, 0.25) is 0 Å². The molecule has 9 heteroatoms. The van der Waals surface area contributed by atoms with Gasteiger partial charge in [-0.15, -0.1) is 0 Å². The Morgan fingerprint density at radius 2 is 1.10 bits per heavy atom. The highest BCUT2D eigenvalue weighted by Crippen LogP contribution is 2.43. The van der Waals surface area contributed by atoms with E-state index in [9.17, 15) is 14.3 Å². The summed E-state index contributed by atoms with van der Waals surface area (Å²) in [6.07, 6.45) is 35.8. The van der Waals surface area contributed by atoms with E-state index in [1.165, 1.54) is 103 Å². The van der Waals surface area contributed by atoms with Gasteiger partial charge in [0, 0.05) is 6.42 Å². The van der Waals surface area contributed by atoms with E-state index in [4.69, 9.17) is 18.5 Å². The number of phosphoric ester groups is 1. The number of quaternary nitrogens is 1. The van der Waals surface area contributed by atoms with Gasteiger partial charge < -0.3 is 18.9 Å². The van der Waals surface area contributed by atoms with Crippen molar-refractivity contribution in [2.45, 2.75) is 174 Å². The summed E-state index contributed by atoms with van der Waals surface area (Å²) in [4.78, 5) is 22.7. The molecule has 0 aliphatic heterocycles. The zero-order valence-electron chi connectivity index (χ0n) is 32.0. The smallest absolute Gasteiger partial charge is 0.472 e. The number of esters is 1. The largest absolute Gasteiger partial charge is 0.498 e. The molecule has 0 heterocycles. The van der Waals surface area contributed by atoms with E-state index in [1.807, 2.05) is 27.2 Å². The summed E-state index contributed by atoms with van der Waals surface area (Å²) in [5.41, 5.74) is 0. The summed E-state index contributed by atoms with van der Waals surface area (Å²) >= 11 is 0. The lowest BCUT2D eigenvalue weighted by atomic mass is 10.0. The van der Waals surface area contributed by atoms with Gasteiger partial charge in [0.1, 0.15) is 19.8 Å². The quantitative estimate of drug-likeness (QED) is 0.0173. The maximum absolute atomic E-state index is 12.6. The number of carbonyl (C=O) groups is 1. The summed E-state index contributed by atoms with van der Waals surface area (Å²) in [7, 11) is 1.63. The van der Waals surface area contributed by atoms with Crippen LogP contribution in [0.15, 0.2) is 24.5 Å². The van der Waals surface area contributed by atoms with Crippen molar-refractivity contribution in [1.82, 2.24) is 0 Å². The molecule has 0 fully saturated rings. The second-order valence-corrected chi connectivity index (χ2v) is 15.8. The number of hydrogen-bond donors (Lipinski definition) is 1. The molecule has 0 spiro atoms. The molecule has 0 aromatic carbocycles. The lowest BCUT2D eigenvalue weighted by Crippen LogP contribution is -2.37. The van der Waals surface area contributed by atoms with E-state index < -0.39 is 13.9 Å². The molecule has 8 nitrogen and oxygen atoms in total. The lowest BCUT2D eigenvalue weighted by Gasteiger charge is -2.24. The van der Waals surface area contributed by atoms with Crippen LogP contribution < -0.4 is 0 Å². The zero-order chi connectivity index (χ0) is 35.6. The molecule has 0 aliphatic rings. The third kappa shape index (κ3) is 36.1. The van der Waals surface area contributed by atoms with Gasteiger partial charge in [-0.25, -0.2) is 4.57 Å². The van der Waals surface area contributed by atoms with Crippen LogP contribution in [0.5, 0.6) is 0 Å². The zero-order valence-corrected chi connectivity index (χ0v) is 32.9. The minimum atomic E-state index is -4.28. The third-order valence-corrected chi connectivity index (χ3v) is 9.31. The number of carbonyl (C=O) groups excluding carboxylic acids is 1. The van der Waals surface area contributed by atoms with E-state index >= 15 is 0 Å². The predicted octanol–water partition coefficient (Wildman–Crippen LogP) is 11.2. The van der Waals surface area contributed by atoms with E-state index in [0.717, 1.165) is 44.9 Å². The molecule has 0 saturated carbocycles. The Kier molecular flexibility index (Phi) is 32.2. The normalized spacial score (nSPS) is 14.1.